The van der Waals surface area contributed by atoms with Gasteiger partial charge in [-0.05, 0) is 24.4 Å². The third kappa shape index (κ3) is 4.52. The number of hydrogen-bond donors (Lipinski definition) is 0. The highest BCUT2D eigenvalue weighted by atomic mass is 35.5. The molecular formula is C10H12ClNO5. The van der Waals surface area contributed by atoms with Gasteiger partial charge in [-0.3, -0.25) is 14.4 Å². The lowest BCUT2D eigenvalue weighted by Crippen LogP contribution is -2.31. The van der Waals surface area contributed by atoms with Crippen molar-refractivity contribution in [3.8, 4) is 0 Å². The Labute approximate surface area is 103 Å². The van der Waals surface area contributed by atoms with Gasteiger partial charge in [0, 0.05) is 25.7 Å². The molecule has 1 rings (SSSR count). The highest BCUT2D eigenvalue weighted by Crippen LogP contribution is 2.13. The van der Waals surface area contributed by atoms with E-state index in [-0.39, 0.29) is 25.7 Å². The Morgan fingerprint density at radius 3 is 2.18 bits per heavy atom. The molecule has 0 radical (unpaired) electrons. The van der Waals surface area contributed by atoms with Crippen LogP contribution in [0.25, 0.3) is 0 Å². The van der Waals surface area contributed by atoms with Gasteiger partial charge >= 0.3 is 5.97 Å². The van der Waals surface area contributed by atoms with Gasteiger partial charge in [0.15, 0.2) is 0 Å². The number of amides is 2. The van der Waals surface area contributed by atoms with Crippen LogP contribution in [-0.4, -0.2) is 28.1 Å². The highest BCUT2D eigenvalue weighted by molar-refractivity contribution is 6.63. The number of nitrogens with zero attached hydrogens (tertiary/aromatic N) is 1. The van der Waals surface area contributed by atoms with E-state index < -0.39 is 23.0 Å². The molecule has 0 spiro atoms. The van der Waals surface area contributed by atoms with Crippen LogP contribution in [0, 0.1) is 0 Å². The molecule has 0 unspecified atom stereocenters. The van der Waals surface area contributed by atoms with Crippen molar-refractivity contribution in [1.29, 1.82) is 0 Å². The molecule has 7 heteroatoms. The first-order valence-corrected chi connectivity index (χ1v) is 5.63. The van der Waals surface area contributed by atoms with Crippen molar-refractivity contribution in [2.75, 3.05) is 0 Å². The van der Waals surface area contributed by atoms with E-state index in [1.807, 2.05) is 0 Å². The van der Waals surface area contributed by atoms with Crippen LogP contribution >= 0.6 is 11.6 Å². The van der Waals surface area contributed by atoms with Crippen molar-refractivity contribution in [2.24, 2.45) is 0 Å². The lowest BCUT2D eigenvalue weighted by atomic mass is 10.2. The number of imide groups is 1. The van der Waals surface area contributed by atoms with Crippen LogP contribution in [0.1, 0.15) is 38.5 Å². The van der Waals surface area contributed by atoms with Crippen molar-refractivity contribution in [3.05, 3.63) is 0 Å². The molecule has 94 valence electrons. The Balaban J connectivity index is 2.23. The molecule has 1 fully saturated rings. The number of carbonyl (C=O) groups excluding carboxylic acids is 4. The minimum atomic E-state index is -0.657. The quantitative estimate of drug-likeness (QED) is 0.403. The van der Waals surface area contributed by atoms with Gasteiger partial charge in [0.25, 0.3) is 11.8 Å². The smallest absolute Gasteiger partial charge is 0.330 e. The fourth-order valence-electron chi connectivity index (χ4n) is 1.34. The molecule has 6 nitrogen and oxygen atoms in total. The zero-order valence-corrected chi connectivity index (χ0v) is 9.86. The fraction of sp³-hybridized carbons (Fsp3) is 0.600. The normalized spacial score (nSPS) is 15.2. The monoisotopic (exact) mass is 261 g/mol. The molecule has 0 aliphatic carbocycles. The Kier molecular flexibility index (Phi) is 5.09. The number of halogens is 1. The first-order valence-electron chi connectivity index (χ1n) is 5.25. The summed E-state index contributed by atoms with van der Waals surface area (Å²) in [6.45, 7) is 0. The van der Waals surface area contributed by atoms with Crippen molar-refractivity contribution in [3.63, 3.8) is 0 Å². The summed E-state index contributed by atoms with van der Waals surface area (Å²) in [6, 6.07) is 0. The molecule has 0 saturated carbocycles. The van der Waals surface area contributed by atoms with Gasteiger partial charge in [-0.2, -0.15) is 0 Å². The Morgan fingerprint density at radius 1 is 1.12 bits per heavy atom. The van der Waals surface area contributed by atoms with Crippen LogP contribution in [0.4, 0.5) is 0 Å². The molecule has 0 atom stereocenters. The lowest BCUT2D eigenvalue weighted by molar-refractivity contribution is -0.197. The topological polar surface area (TPSA) is 80.8 Å². The van der Waals surface area contributed by atoms with Crippen LogP contribution in [0.2, 0.25) is 0 Å². The summed E-state index contributed by atoms with van der Waals surface area (Å²) in [5.74, 6) is -1.66. The van der Waals surface area contributed by atoms with E-state index in [1.165, 1.54) is 0 Å². The number of hydrogen-bond acceptors (Lipinski definition) is 5. The van der Waals surface area contributed by atoms with Gasteiger partial charge in [0.1, 0.15) is 0 Å². The van der Waals surface area contributed by atoms with Crippen LogP contribution in [-0.2, 0) is 24.0 Å². The van der Waals surface area contributed by atoms with E-state index in [4.69, 9.17) is 11.6 Å². The number of carbonyl (C=O) groups is 4. The average Bonchev–Trinajstić information content (AvgIpc) is 2.56. The molecular weight excluding hydrogens is 250 g/mol. The maximum atomic E-state index is 11.2. The first kappa shape index (κ1) is 13.6. The Bertz CT molecular complexity index is 339. The SMILES string of the molecule is O=C(Cl)CCCCC(=O)ON1C(=O)CCC1=O. The maximum Gasteiger partial charge on any atom is 0.333 e. The summed E-state index contributed by atoms with van der Waals surface area (Å²) in [5.41, 5.74) is 0. The molecule has 0 aromatic carbocycles. The van der Waals surface area contributed by atoms with Crippen LogP contribution in [0.5, 0.6) is 0 Å². The summed E-state index contributed by atoms with van der Waals surface area (Å²) in [7, 11) is 0. The predicted octanol–water partition coefficient (Wildman–Crippen LogP) is 0.919. The zero-order valence-electron chi connectivity index (χ0n) is 9.11. The van der Waals surface area contributed by atoms with E-state index >= 15 is 0 Å². The van der Waals surface area contributed by atoms with E-state index in [0.717, 1.165) is 0 Å². The van der Waals surface area contributed by atoms with E-state index in [1.54, 1.807) is 0 Å². The standard InChI is InChI=1S/C10H12ClNO5/c11-7(13)3-1-2-4-10(16)17-12-8(14)5-6-9(12)15/h1-6H2. The van der Waals surface area contributed by atoms with Crippen LogP contribution in [0.3, 0.4) is 0 Å². The second kappa shape index (κ2) is 6.34. The summed E-state index contributed by atoms with van der Waals surface area (Å²) >= 11 is 5.12. The highest BCUT2D eigenvalue weighted by Gasteiger charge is 2.32. The molecule has 1 aliphatic rings. The van der Waals surface area contributed by atoms with Gasteiger partial charge in [0.05, 0.1) is 0 Å². The number of unbranched alkanes of at least 4 members (excludes halogenated alkanes) is 1. The summed E-state index contributed by atoms with van der Waals surface area (Å²) in [4.78, 5) is 48.5. The third-order valence-corrected chi connectivity index (χ3v) is 2.39. The maximum absolute atomic E-state index is 11.2. The molecule has 0 aromatic heterocycles. The van der Waals surface area contributed by atoms with Crippen LogP contribution < -0.4 is 0 Å². The molecule has 0 bridgehead atoms. The predicted molar refractivity (Wildman–Crippen MR) is 56.5 cm³/mol. The van der Waals surface area contributed by atoms with E-state index in [2.05, 4.69) is 4.84 Å². The van der Waals surface area contributed by atoms with Gasteiger partial charge in [-0.25, -0.2) is 4.79 Å². The molecule has 17 heavy (non-hydrogen) atoms. The van der Waals surface area contributed by atoms with E-state index in [9.17, 15) is 19.2 Å². The van der Waals surface area contributed by atoms with Crippen molar-refractivity contribution >= 4 is 34.6 Å². The molecule has 1 aliphatic heterocycles. The zero-order chi connectivity index (χ0) is 12.8. The Morgan fingerprint density at radius 2 is 1.65 bits per heavy atom. The largest absolute Gasteiger partial charge is 0.333 e. The van der Waals surface area contributed by atoms with Gasteiger partial charge in [0.2, 0.25) is 5.24 Å². The second-order valence-corrected chi connectivity index (χ2v) is 4.03. The van der Waals surface area contributed by atoms with Gasteiger partial charge in [-0.15, -0.1) is 5.06 Å². The molecule has 2 amide bonds. The molecule has 0 N–H and O–H groups in total. The number of hydroxylamine groups is 2. The Hall–Kier alpha value is -1.43. The minimum absolute atomic E-state index is 0.0429. The van der Waals surface area contributed by atoms with Gasteiger partial charge < -0.3 is 4.84 Å². The second-order valence-electron chi connectivity index (χ2n) is 3.61. The number of rotatable bonds is 6. The fourth-order valence-corrected chi connectivity index (χ4v) is 1.47. The summed E-state index contributed by atoms with van der Waals surface area (Å²) in [6.07, 6.45) is 1.28. The average molecular weight is 262 g/mol. The lowest BCUT2D eigenvalue weighted by Gasteiger charge is -2.12. The molecule has 1 heterocycles. The third-order valence-electron chi connectivity index (χ3n) is 2.20. The van der Waals surface area contributed by atoms with Crippen molar-refractivity contribution in [1.82, 2.24) is 5.06 Å². The minimum Gasteiger partial charge on any atom is -0.330 e. The van der Waals surface area contributed by atoms with Crippen molar-refractivity contribution in [2.45, 2.75) is 38.5 Å². The van der Waals surface area contributed by atoms with Gasteiger partial charge in [-0.1, -0.05) is 0 Å². The molecule has 0 aromatic rings. The van der Waals surface area contributed by atoms with E-state index in [0.29, 0.717) is 17.9 Å². The summed E-state index contributed by atoms with van der Waals surface area (Å²) < 4.78 is 0. The first-order chi connectivity index (χ1) is 8.00. The molecule has 1 saturated heterocycles. The van der Waals surface area contributed by atoms with Crippen LogP contribution in [0.15, 0.2) is 0 Å². The van der Waals surface area contributed by atoms with Crippen molar-refractivity contribution < 1.29 is 24.0 Å². The summed E-state index contributed by atoms with van der Waals surface area (Å²) in [5, 5.41) is 0.0537.